The van der Waals surface area contributed by atoms with Gasteiger partial charge >= 0.3 is 0 Å². The minimum Gasteiger partial charge on any atom is -0.312 e. The van der Waals surface area contributed by atoms with Crippen molar-refractivity contribution in [3.05, 3.63) is 35.4 Å². The fourth-order valence-electron chi connectivity index (χ4n) is 2.43. The number of benzene rings is 1. The highest BCUT2D eigenvalue weighted by Crippen LogP contribution is 2.21. The first-order chi connectivity index (χ1) is 9.20. The van der Waals surface area contributed by atoms with Crippen molar-refractivity contribution in [1.29, 1.82) is 0 Å². The summed E-state index contributed by atoms with van der Waals surface area (Å²) in [5.74, 6) is 4.73. The molecule has 1 saturated carbocycles. The molecule has 104 valence electrons. The molecule has 0 atom stereocenters. The van der Waals surface area contributed by atoms with Crippen LogP contribution < -0.4 is 11.3 Å². The van der Waals surface area contributed by atoms with Gasteiger partial charge in [-0.15, -0.1) is 0 Å². The molecule has 0 radical (unpaired) electrons. The number of nitrogens with two attached hydrogens (primary N) is 1. The van der Waals surface area contributed by atoms with E-state index in [-0.39, 0.29) is 18.0 Å². The zero-order valence-corrected chi connectivity index (χ0v) is 10.8. The van der Waals surface area contributed by atoms with Crippen LogP contribution in [0.15, 0.2) is 23.2 Å². The number of amidine groups is 1. The van der Waals surface area contributed by atoms with E-state index < -0.39 is 11.6 Å². The van der Waals surface area contributed by atoms with Gasteiger partial charge in [-0.1, -0.05) is 25.3 Å². The van der Waals surface area contributed by atoms with Gasteiger partial charge in [0, 0.05) is 12.0 Å². The zero-order valence-electron chi connectivity index (χ0n) is 10.8. The summed E-state index contributed by atoms with van der Waals surface area (Å²) in [6.07, 6.45) is 5.64. The highest BCUT2D eigenvalue weighted by Gasteiger charge is 2.15. The SMILES string of the molecule is NNC(Cc1c(F)cccc1F)=NC1CCCCC1. The van der Waals surface area contributed by atoms with E-state index in [2.05, 4.69) is 10.4 Å². The minimum atomic E-state index is -0.563. The van der Waals surface area contributed by atoms with E-state index in [0.717, 1.165) is 25.7 Å². The molecule has 3 N–H and O–H groups in total. The number of hydrazine groups is 1. The Kier molecular flexibility index (Phi) is 4.85. The number of nitrogens with one attached hydrogen (secondary N) is 1. The maximum absolute atomic E-state index is 13.6. The van der Waals surface area contributed by atoms with Gasteiger partial charge < -0.3 is 5.43 Å². The second kappa shape index (κ2) is 6.61. The highest BCUT2D eigenvalue weighted by atomic mass is 19.1. The van der Waals surface area contributed by atoms with Crippen molar-refractivity contribution in [3.8, 4) is 0 Å². The summed E-state index contributed by atoms with van der Waals surface area (Å²) in [5.41, 5.74) is 2.48. The van der Waals surface area contributed by atoms with Crippen LogP contribution >= 0.6 is 0 Å². The summed E-state index contributed by atoms with van der Waals surface area (Å²) in [6, 6.07) is 4.05. The molecule has 19 heavy (non-hydrogen) atoms. The number of aliphatic imine (C=N–C) groups is 1. The quantitative estimate of drug-likeness (QED) is 0.383. The van der Waals surface area contributed by atoms with E-state index in [0.29, 0.717) is 5.84 Å². The molecule has 0 aliphatic heterocycles. The Morgan fingerprint density at radius 2 is 1.84 bits per heavy atom. The molecule has 0 unspecified atom stereocenters. The van der Waals surface area contributed by atoms with Crippen molar-refractivity contribution in [3.63, 3.8) is 0 Å². The number of rotatable bonds is 3. The maximum atomic E-state index is 13.6. The Labute approximate surface area is 111 Å². The average molecular weight is 267 g/mol. The van der Waals surface area contributed by atoms with Crippen LogP contribution in [0.2, 0.25) is 0 Å². The lowest BCUT2D eigenvalue weighted by atomic mass is 9.96. The van der Waals surface area contributed by atoms with Crippen LogP contribution in [0.5, 0.6) is 0 Å². The van der Waals surface area contributed by atoms with Crippen LogP contribution in [0, 0.1) is 11.6 Å². The smallest absolute Gasteiger partial charge is 0.129 e. The molecule has 0 spiro atoms. The molecule has 2 rings (SSSR count). The molecule has 0 amide bonds. The lowest BCUT2D eigenvalue weighted by Gasteiger charge is -2.19. The minimum absolute atomic E-state index is 0.00927. The van der Waals surface area contributed by atoms with Crippen molar-refractivity contribution in [1.82, 2.24) is 5.43 Å². The van der Waals surface area contributed by atoms with Crippen LogP contribution in [-0.2, 0) is 6.42 Å². The van der Waals surface area contributed by atoms with Gasteiger partial charge in [-0.05, 0) is 25.0 Å². The van der Waals surface area contributed by atoms with Crippen LogP contribution in [0.3, 0.4) is 0 Å². The third kappa shape index (κ3) is 3.73. The Bertz CT molecular complexity index is 434. The Balaban J connectivity index is 2.12. The summed E-state index contributed by atoms with van der Waals surface area (Å²) in [6.45, 7) is 0. The van der Waals surface area contributed by atoms with Crippen LogP contribution in [0.1, 0.15) is 37.7 Å². The standard InChI is InChI=1S/C14H19F2N3/c15-12-7-4-8-13(16)11(12)9-14(19-17)18-10-5-2-1-3-6-10/h4,7-8,10H,1-3,5-6,9,17H2,(H,18,19). The Morgan fingerprint density at radius 3 is 2.42 bits per heavy atom. The predicted octanol–water partition coefficient (Wildman–Crippen LogP) is 2.70. The molecular weight excluding hydrogens is 248 g/mol. The lowest BCUT2D eigenvalue weighted by Crippen LogP contribution is -2.34. The summed E-state index contributed by atoms with van der Waals surface area (Å²) >= 11 is 0. The zero-order chi connectivity index (χ0) is 13.7. The summed E-state index contributed by atoms with van der Waals surface area (Å²) in [7, 11) is 0. The number of hydrogen-bond acceptors (Lipinski definition) is 2. The molecule has 1 aromatic rings. The summed E-state index contributed by atoms with van der Waals surface area (Å²) in [5, 5.41) is 0. The van der Waals surface area contributed by atoms with Gasteiger partial charge in [0.2, 0.25) is 0 Å². The van der Waals surface area contributed by atoms with Gasteiger partial charge in [0.05, 0.1) is 6.04 Å². The van der Waals surface area contributed by atoms with E-state index >= 15 is 0 Å². The van der Waals surface area contributed by atoms with Crippen molar-refractivity contribution >= 4 is 5.84 Å². The Hall–Kier alpha value is -1.49. The van der Waals surface area contributed by atoms with E-state index in [1.807, 2.05) is 0 Å². The topological polar surface area (TPSA) is 50.4 Å². The second-order valence-corrected chi connectivity index (χ2v) is 4.89. The molecule has 1 fully saturated rings. The van der Waals surface area contributed by atoms with Crippen LogP contribution in [0.4, 0.5) is 8.78 Å². The summed E-state index contributed by atoms with van der Waals surface area (Å²) < 4.78 is 27.1. The number of halogens is 2. The van der Waals surface area contributed by atoms with Gasteiger partial charge in [-0.2, -0.15) is 0 Å². The van der Waals surface area contributed by atoms with E-state index in [1.165, 1.54) is 24.6 Å². The monoisotopic (exact) mass is 267 g/mol. The number of nitrogens with zero attached hydrogens (tertiary/aromatic N) is 1. The summed E-state index contributed by atoms with van der Waals surface area (Å²) in [4.78, 5) is 4.48. The third-order valence-corrected chi connectivity index (χ3v) is 3.49. The predicted molar refractivity (Wildman–Crippen MR) is 71.7 cm³/mol. The van der Waals surface area contributed by atoms with Crippen molar-refractivity contribution < 1.29 is 8.78 Å². The van der Waals surface area contributed by atoms with Gasteiger partial charge in [-0.25, -0.2) is 14.6 Å². The fourth-order valence-corrected chi connectivity index (χ4v) is 2.43. The normalized spacial score (nSPS) is 17.5. The molecular formula is C14H19F2N3. The maximum Gasteiger partial charge on any atom is 0.129 e. The van der Waals surface area contributed by atoms with Crippen LogP contribution in [0.25, 0.3) is 0 Å². The van der Waals surface area contributed by atoms with Gasteiger partial charge in [0.25, 0.3) is 0 Å². The van der Waals surface area contributed by atoms with E-state index in [9.17, 15) is 8.78 Å². The van der Waals surface area contributed by atoms with Gasteiger partial charge in [-0.3, -0.25) is 4.99 Å². The van der Waals surface area contributed by atoms with Crippen LogP contribution in [-0.4, -0.2) is 11.9 Å². The first-order valence-corrected chi connectivity index (χ1v) is 6.67. The van der Waals surface area contributed by atoms with Crippen molar-refractivity contribution in [2.75, 3.05) is 0 Å². The molecule has 0 bridgehead atoms. The average Bonchev–Trinajstić information content (AvgIpc) is 2.43. The fraction of sp³-hybridized carbons (Fsp3) is 0.500. The van der Waals surface area contributed by atoms with Gasteiger partial charge in [0.1, 0.15) is 17.5 Å². The molecule has 0 saturated heterocycles. The van der Waals surface area contributed by atoms with Crippen molar-refractivity contribution in [2.45, 2.75) is 44.6 Å². The van der Waals surface area contributed by atoms with E-state index in [4.69, 9.17) is 5.84 Å². The first kappa shape index (κ1) is 13.9. The van der Waals surface area contributed by atoms with Crippen molar-refractivity contribution in [2.24, 2.45) is 10.8 Å². The lowest BCUT2D eigenvalue weighted by molar-refractivity contribution is 0.441. The molecule has 0 aromatic heterocycles. The number of hydrogen-bond donors (Lipinski definition) is 2. The molecule has 3 nitrogen and oxygen atoms in total. The molecule has 1 aromatic carbocycles. The Morgan fingerprint density at radius 1 is 1.21 bits per heavy atom. The first-order valence-electron chi connectivity index (χ1n) is 6.67. The largest absolute Gasteiger partial charge is 0.312 e. The third-order valence-electron chi connectivity index (χ3n) is 3.49. The van der Waals surface area contributed by atoms with E-state index in [1.54, 1.807) is 0 Å². The highest BCUT2D eigenvalue weighted by molar-refractivity contribution is 5.84. The molecule has 1 aliphatic rings. The van der Waals surface area contributed by atoms with Gasteiger partial charge in [0.15, 0.2) is 0 Å². The second-order valence-electron chi connectivity index (χ2n) is 4.89. The molecule has 1 aliphatic carbocycles. The molecule has 0 heterocycles. The molecule has 5 heteroatoms.